The molecule has 0 spiro atoms. The molecule has 0 N–H and O–H groups in total. The quantitative estimate of drug-likeness (QED) is 0.261. The summed E-state index contributed by atoms with van der Waals surface area (Å²) < 4.78 is 5.55. The minimum Gasteiger partial charge on any atom is -0.449 e. The molecule has 8 nitrogen and oxygen atoms in total. The molecule has 0 fully saturated rings. The van der Waals surface area contributed by atoms with Crippen molar-refractivity contribution < 1.29 is 14.6 Å². The maximum Gasteiger partial charge on any atom is 0.318 e. The van der Waals surface area contributed by atoms with Crippen LogP contribution in [0.5, 0.6) is 11.5 Å². The molecule has 9 heteroatoms. The summed E-state index contributed by atoms with van der Waals surface area (Å²) in [6, 6.07) is 14.0. The Morgan fingerprint density at radius 1 is 0.933 bits per heavy atom. The molecule has 0 aliphatic carbocycles. The number of halogens is 1. The fourth-order valence-corrected chi connectivity index (χ4v) is 2.88. The van der Waals surface area contributed by atoms with Gasteiger partial charge in [0.05, 0.1) is 26.6 Å². The Balaban J connectivity index is 1.86. The van der Waals surface area contributed by atoms with Crippen molar-refractivity contribution in [1.82, 2.24) is 0 Å². The first-order valence-corrected chi connectivity index (χ1v) is 9.14. The second kappa shape index (κ2) is 8.71. The zero-order chi connectivity index (χ0) is 21.8. The summed E-state index contributed by atoms with van der Waals surface area (Å²) in [7, 11) is 0. The number of aryl methyl sites for hydroxylation is 2. The SMILES string of the molecule is Cc1ccc(C)c(N=Cc2ccc(Oc3ccc([N+](=O)[O-])cc3[N+](=O)[O-])c(Cl)c2)c1. The summed E-state index contributed by atoms with van der Waals surface area (Å²) >= 11 is 6.27. The van der Waals surface area contributed by atoms with E-state index in [1.807, 2.05) is 32.0 Å². The minimum atomic E-state index is -0.749. The molecule has 0 bridgehead atoms. The van der Waals surface area contributed by atoms with E-state index in [9.17, 15) is 20.2 Å². The van der Waals surface area contributed by atoms with Crippen molar-refractivity contribution in [3.05, 3.63) is 96.5 Å². The molecule has 3 aromatic rings. The first kappa shape index (κ1) is 20.9. The van der Waals surface area contributed by atoms with Gasteiger partial charge in [0.25, 0.3) is 5.69 Å². The van der Waals surface area contributed by atoms with Crippen LogP contribution >= 0.6 is 11.6 Å². The normalized spacial score (nSPS) is 10.9. The number of nitro benzene ring substituents is 2. The second-order valence-electron chi connectivity index (χ2n) is 6.51. The highest BCUT2D eigenvalue weighted by atomic mass is 35.5. The Kier molecular flexibility index (Phi) is 6.08. The van der Waals surface area contributed by atoms with Gasteiger partial charge in [0.2, 0.25) is 5.75 Å². The molecule has 0 amide bonds. The van der Waals surface area contributed by atoms with Crippen LogP contribution in [0.4, 0.5) is 17.1 Å². The average Bonchev–Trinajstić information content (AvgIpc) is 2.70. The minimum absolute atomic E-state index is 0.149. The molecule has 0 saturated heterocycles. The van der Waals surface area contributed by atoms with Gasteiger partial charge in [-0.05, 0) is 60.9 Å². The van der Waals surface area contributed by atoms with Gasteiger partial charge in [0.1, 0.15) is 5.75 Å². The zero-order valence-corrected chi connectivity index (χ0v) is 16.8. The number of benzene rings is 3. The molecule has 30 heavy (non-hydrogen) atoms. The maximum absolute atomic E-state index is 11.2. The highest BCUT2D eigenvalue weighted by molar-refractivity contribution is 6.32. The molecule has 152 valence electrons. The Hall–Kier alpha value is -3.78. The van der Waals surface area contributed by atoms with Gasteiger partial charge in [-0.1, -0.05) is 23.7 Å². The van der Waals surface area contributed by atoms with Gasteiger partial charge in [-0.2, -0.15) is 0 Å². The fraction of sp³-hybridized carbons (Fsp3) is 0.0952. The van der Waals surface area contributed by atoms with Gasteiger partial charge >= 0.3 is 5.69 Å². The summed E-state index contributed by atoms with van der Waals surface area (Å²) in [6.07, 6.45) is 1.66. The van der Waals surface area contributed by atoms with Crippen molar-refractivity contribution in [3.63, 3.8) is 0 Å². The van der Waals surface area contributed by atoms with Gasteiger partial charge in [0, 0.05) is 12.3 Å². The largest absolute Gasteiger partial charge is 0.449 e. The summed E-state index contributed by atoms with van der Waals surface area (Å²) in [5, 5.41) is 22.3. The van der Waals surface area contributed by atoms with Gasteiger partial charge in [-0.25, -0.2) is 0 Å². The number of nitro groups is 2. The lowest BCUT2D eigenvalue weighted by Crippen LogP contribution is -1.96. The number of hydrogen-bond acceptors (Lipinski definition) is 6. The molecule has 0 unspecified atom stereocenters. The van der Waals surface area contributed by atoms with Crippen LogP contribution in [0.2, 0.25) is 5.02 Å². The molecule has 0 aliphatic heterocycles. The topological polar surface area (TPSA) is 108 Å². The van der Waals surface area contributed by atoms with Crippen LogP contribution < -0.4 is 4.74 Å². The molecule has 0 atom stereocenters. The first-order chi connectivity index (χ1) is 14.2. The molecule has 0 aliphatic rings. The van der Waals surface area contributed by atoms with E-state index in [1.54, 1.807) is 24.4 Å². The van der Waals surface area contributed by atoms with Gasteiger partial charge in [0.15, 0.2) is 0 Å². The van der Waals surface area contributed by atoms with Crippen molar-refractivity contribution >= 4 is 34.9 Å². The van der Waals surface area contributed by atoms with Crippen LogP contribution in [0.1, 0.15) is 16.7 Å². The van der Waals surface area contributed by atoms with Crippen LogP contribution in [-0.2, 0) is 0 Å². The highest BCUT2D eigenvalue weighted by Crippen LogP contribution is 2.37. The van der Waals surface area contributed by atoms with Gasteiger partial charge in [-0.3, -0.25) is 25.2 Å². The summed E-state index contributed by atoms with van der Waals surface area (Å²) in [5.41, 5.74) is 2.76. The van der Waals surface area contributed by atoms with E-state index >= 15 is 0 Å². The van der Waals surface area contributed by atoms with Gasteiger partial charge < -0.3 is 4.74 Å². The summed E-state index contributed by atoms with van der Waals surface area (Å²) in [6.45, 7) is 3.95. The smallest absolute Gasteiger partial charge is 0.318 e. The first-order valence-electron chi connectivity index (χ1n) is 8.76. The lowest BCUT2D eigenvalue weighted by atomic mass is 10.1. The van der Waals surface area contributed by atoms with Crippen molar-refractivity contribution in [2.24, 2.45) is 4.99 Å². The van der Waals surface area contributed by atoms with Crippen molar-refractivity contribution in [1.29, 1.82) is 0 Å². The Labute approximate surface area is 176 Å². The fourth-order valence-electron chi connectivity index (χ4n) is 2.65. The third kappa shape index (κ3) is 4.79. The highest BCUT2D eigenvalue weighted by Gasteiger charge is 2.21. The number of aliphatic imine (C=N–C) groups is 1. The van der Waals surface area contributed by atoms with Crippen molar-refractivity contribution in [2.75, 3.05) is 0 Å². The summed E-state index contributed by atoms with van der Waals surface area (Å²) in [5.74, 6) is 0.0295. The van der Waals surface area contributed by atoms with E-state index in [0.717, 1.165) is 28.9 Å². The molecule has 0 heterocycles. The molecule has 0 aromatic heterocycles. The van der Waals surface area contributed by atoms with Crippen molar-refractivity contribution in [2.45, 2.75) is 13.8 Å². The molecule has 3 rings (SSSR count). The standard InChI is InChI=1S/C21H16ClN3O5/c1-13-3-4-14(2)18(9-13)23-12-15-5-7-20(17(22)10-15)30-21-8-6-16(24(26)27)11-19(21)25(28)29/h3-12H,1-2H3. The molecular formula is C21H16ClN3O5. The van der Waals surface area contributed by atoms with Crippen LogP contribution in [0.15, 0.2) is 59.6 Å². The van der Waals surface area contributed by atoms with Gasteiger partial charge in [-0.15, -0.1) is 0 Å². The molecular weight excluding hydrogens is 410 g/mol. The average molecular weight is 426 g/mol. The third-order valence-electron chi connectivity index (χ3n) is 4.24. The number of ether oxygens (including phenoxy) is 1. The predicted octanol–water partition coefficient (Wildman–Crippen LogP) is 6.32. The number of hydrogen-bond donors (Lipinski definition) is 0. The van der Waals surface area contributed by atoms with Crippen molar-refractivity contribution in [3.8, 4) is 11.5 Å². The van der Waals surface area contributed by atoms with Crippen LogP contribution in [-0.4, -0.2) is 16.1 Å². The summed E-state index contributed by atoms with van der Waals surface area (Å²) in [4.78, 5) is 25.1. The van der Waals surface area contributed by atoms with Crippen LogP contribution in [0.3, 0.4) is 0 Å². The van der Waals surface area contributed by atoms with E-state index in [0.29, 0.717) is 5.56 Å². The monoisotopic (exact) mass is 425 g/mol. The third-order valence-corrected chi connectivity index (χ3v) is 4.54. The molecule has 0 radical (unpaired) electrons. The molecule has 3 aromatic carbocycles. The van der Waals surface area contributed by atoms with E-state index in [-0.39, 0.29) is 16.5 Å². The maximum atomic E-state index is 11.2. The Bertz CT molecular complexity index is 1180. The molecule has 0 saturated carbocycles. The predicted molar refractivity (Wildman–Crippen MR) is 114 cm³/mol. The zero-order valence-electron chi connectivity index (χ0n) is 16.0. The van der Waals surface area contributed by atoms with E-state index in [2.05, 4.69) is 4.99 Å². The lowest BCUT2D eigenvalue weighted by molar-refractivity contribution is -0.394. The van der Waals surface area contributed by atoms with E-state index < -0.39 is 21.2 Å². The van der Waals surface area contributed by atoms with Crippen LogP contribution in [0.25, 0.3) is 0 Å². The number of nitrogens with zero attached hydrogens (tertiary/aromatic N) is 3. The van der Waals surface area contributed by atoms with Crippen LogP contribution in [0, 0.1) is 34.1 Å². The Morgan fingerprint density at radius 3 is 2.33 bits per heavy atom. The number of rotatable bonds is 6. The Morgan fingerprint density at radius 2 is 1.67 bits per heavy atom. The number of non-ortho nitro benzene ring substituents is 1. The second-order valence-corrected chi connectivity index (χ2v) is 6.91. The van der Waals surface area contributed by atoms with E-state index in [4.69, 9.17) is 16.3 Å². The lowest BCUT2D eigenvalue weighted by Gasteiger charge is -2.08. The van der Waals surface area contributed by atoms with E-state index in [1.165, 1.54) is 6.07 Å².